The highest BCUT2D eigenvalue weighted by atomic mass is 32.2. The van der Waals surface area contributed by atoms with E-state index in [0.29, 0.717) is 24.4 Å². The summed E-state index contributed by atoms with van der Waals surface area (Å²) in [5.74, 6) is 0.283. The highest BCUT2D eigenvalue weighted by Crippen LogP contribution is 2.30. The molecule has 0 bridgehead atoms. The highest BCUT2D eigenvalue weighted by Gasteiger charge is 2.34. The van der Waals surface area contributed by atoms with Crippen LogP contribution < -0.4 is 5.32 Å². The van der Waals surface area contributed by atoms with Crippen LogP contribution in [0.5, 0.6) is 0 Å². The van der Waals surface area contributed by atoms with E-state index >= 15 is 0 Å². The van der Waals surface area contributed by atoms with Gasteiger partial charge in [-0.3, -0.25) is 0 Å². The molecule has 1 fully saturated rings. The Hall–Kier alpha value is -0.950. The monoisotopic (exact) mass is 310 g/mol. The van der Waals surface area contributed by atoms with Gasteiger partial charge in [-0.15, -0.1) is 0 Å². The Kier molecular flexibility index (Phi) is 4.31. The number of hydrogen-bond donors (Lipinski definition) is 2. The zero-order chi connectivity index (χ0) is 14.9. The van der Waals surface area contributed by atoms with Crippen LogP contribution in [-0.4, -0.2) is 44.1 Å². The molecule has 0 saturated carbocycles. The van der Waals surface area contributed by atoms with Crippen molar-refractivity contribution in [2.75, 3.05) is 26.2 Å². The molecule has 1 unspecified atom stereocenters. The molecule has 0 amide bonds. The zero-order valence-corrected chi connectivity index (χ0v) is 12.9. The second-order valence-corrected chi connectivity index (χ2v) is 7.76. The molecule has 2 heterocycles. The summed E-state index contributed by atoms with van der Waals surface area (Å²) in [7, 11) is -3.41. The van der Waals surface area contributed by atoms with Crippen LogP contribution in [0.15, 0.2) is 23.1 Å². The number of hydrogen-bond acceptors (Lipinski definition) is 4. The number of benzene rings is 1. The maximum Gasteiger partial charge on any atom is 0.243 e. The smallest absolute Gasteiger partial charge is 0.243 e. The summed E-state index contributed by atoms with van der Waals surface area (Å²) in [5.41, 5.74) is 2.07. The van der Waals surface area contributed by atoms with E-state index in [-0.39, 0.29) is 12.5 Å². The molecule has 0 radical (unpaired) electrons. The normalized spacial score (nSPS) is 23.2. The second-order valence-electron chi connectivity index (χ2n) is 5.85. The lowest BCUT2D eigenvalue weighted by atomic mass is 10.0. The zero-order valence-electron chi connectivity index (χ0n) is 12.1. The van der Waals surface area contributed by atoms with E-state index in [1.54, 1.807) is 10.4 Å². The van der Waals surface area contributed by atoms with Crippen molar-refractivity contribution < 1.29 is 13.5 Å². The average molecular weight is 310 g/mol. The van der Waals surface area contributed by atoms with E-state index in [0.717, 1.165) is 37.1 Å². The largest absolute Gasteiger partial charge is 0.396 e. The number of nitrogens with zero attached hydrogens (tertiary/aromatic N) is 1. The molecule has 1 saturated heterocycles. The van der Waals surface area contributed by atoms with Crippen molar-refractivity contribution in [2.45, 2.75) is 30.7 Å². The SMILES string of the molecule is O=S(=O)(c1cccc2c1CCNC2)N1CCC(CCO)C1. The minimum atomic E-state index is -3.41. The molecule has 3 rings (SSSR count). The van der Waals surface area contributed by atoms with Gasteiger partial charge in [-0.1, -0.05) is 12.1 Å². The summed E-state index contributed by atoms with van der Waals surface area (Å²) >= 11 is 0. The van der Waals surface area contributed by atoms with E-state index in [2.05, 4.69) is 5.32 Å². The molecule has 1 aromatic rings. The highest BCUT2D eigenvalue weighted by molar-refractivity contribution is 7.89. The van der Waals surface area contributed by atoms with Crippen LogP contribution >= 0.6 is 0 Å². The Balaban J connectivity index is 1.89. The van der Waals surface area contributed by atoms with Crippen molar-refractivity contribution in [3.63, 3.8) is 0 Å². The van der Waals surface area contributed by atoms with Crippen molar-refractivity contribution in [3.8, 4) is 0 Å². The molecule has 1 aromatic carbocycles. The molecule has 2 aliphatic heterocycles. The van der Waals surface area contributed by atoms with Crippen LogP contribution in [0.1, 0.15) is 24.0 Å². The number of sulfonamides is 1. The molecule has 5 nitrogen and oxygen atoms in total. The third-order valence-electron chi connectivity index (χ3n) is 4.50. The first kappa shape index (κ1) is 15.0. The van der Waals surface area contributed by atoms with Crippen LogP contribution in [0.2, 0.25) is 0 Å². The Bertz CT molecular complexity index is 615. The van der Waals surface area contributed by atoms with Gasteiger partial charge in [0.25, 0.3) is 0 Å². The minimum absolute atomic E-state index is 0.130. The lowest BCUT2D eigenvalue weighted by Crippen LogP contribution is -2.32. The molecular formula is C15H22N2O3S. The van der Waals surface area contributed by atoms with Crippen LogP contribution in [0.3, 0.4) is 0 Å². The molecule has 116 valence electrons. The van der Waals surface area contributed by atoms with Gasteiger partial charge in [0.05, 0.1) is 4.90 Å². The van der Waals surface area contributed by atoms with Crippen LogP contribution in [-0.2, 0) is 23.0 Å². The number of fused-ring (bicyclic) bond motifs is 1. The van der Waals surface area contributed by atoms with Crippen molar-refractivity contribution in [1.29, 1.82) is 0 Å². The lowest BCUT2D eigenvalue weighted by Gasteiger charge is -2.23. The summed E-state index contributed by atoms with van der Waals surface area (Å²) in [4.78, 5) is 0.478. The molecule has 2 N–H and O–H groups in total. The fourth-order valence-electron chi connectivity index (χ4n) is 3.31. The number of aliphatic hydroxyl groups excluding tert-OH is 1. The van der Waals surface area contributed by atoms with Crippen molar-refractivity contribution >= 4 is 10.0 Å². The Morgan fingerprint density at radius 3 is 3.05 bits per heavy atom. The van der Waals surface area contributed by atoms with Gasteiger partial charge in [-0.05, 0) is 48.9 Å². The van der Waals surface area contributed by atoms with Crippen LogP contribution in [0, 0.1) is 5.92 Å². The quantitative estimate of drug-likeness (QED) is 0.860. The summed E-state index contributed by atoms with van der Waals surface area (Å²) in [6, 6.07) is 5.57. The Morgan fingerprint density at radius 1 is 1.38 bits per heavy atom. The molecule has 6 heteroatoms. The van der Waals surface area contributed by atoms with E-state index in [4.69, 9.17) is 5.11 Å². The van der Waals surface area contributed by atoms with Gasteiger partial charge in [-0.25, -0.2) is 8.42 Å². The topological polar surface area (TPSA) is 69.6 Å². The molecule has 0 spiro atoms. The fourth-order valence-corrected chi connectivity index (χ4v) is 5.14. The lowest BCUT2D eigenvalue weighted by molar-refractivity contribution is 0.259. The van der Waals surface area contributed by atoms with E-state index in [9.17, 15) is 8.42 Å². The Morgan fingerprint density at radius 2 is 2.24 bits per heavy atom. The summed E-state index contributed by atoms with van der Waals surface area (Å²) < 4.78 is 27.4. The number of nitrogens with one attached hydrogen (secondary N) is 1. The standard InChI is InChI=1S/C15H22N2O3S/c18-9-6-12-5-8-17(11-12)21(19,20)15-3-1-2-13-10-16-7-4-14(13)15/h1-3,12,16,18H,4-11H2. The molecule has 2 aliphatic rings. The summed E-state index contributed by atoms with van der Waals surface area (Å²) in [6.45, 7) is 2.79. The predicted octanol–water partition coefficient (Wildman–Crippen LogP) is 0.725. The van der Waals surface area contributed by atoms with E-state index in [1.807, 2.05) is 12.1 Å². The molecular weight excluding hydrogens is 288 g/mol. The van der Waals surface area contributed by atoms with Gasteiger partial charge in [0, 0.05) is 26.2 Å². The number of rotatable bonds is 4. The summed E-state index contributed by atoms with van der Waals surface area (Å²) in [6.07, 6.45) is 2.29. The minimum Gasteiger partial charge on any atom is -0.396 e. The van der Waals surface area contributed by atoms with Crippen molar-refractivity contribution in [3.05, 3.63) is 29.3 Å². The van der Waals surface area contributed by atoms with Gasteiger partial charge in [0.2, 0.25) is 10.0 Å². The first-order valence-corrected chi connectivity index (χ1v) is 8.99. The third-order valence-corrected chi connectivity index (χ3v) is 6.45. The van der Waals surface area contributed by atoms with E-state index < -0.39 is 10.0 Å². The summed E-state index contributed by atoms with van der Waals surface area (Å²) in [5, 5.41) is 12.3. The van der Waals surface area contributed by atoms with Crippen LogP contribution in [0.25, 0.3) is 0 Å². The number of aliphatic hydroxyl groups is 1. The first-order chi connectivity index (χ1) is 10.1. The van der Waals surface area contributed by atoms with Gasteiger partial charge in [0.1, 0.15) is 0 Å². The molecule has 0 aliphatic carbocycles. The fraction of sp³-hybridized carbons (Fsp3) is 0.600. The van der Waals surface area contributed by atoms with Crippen molar-refractivity contribution in [1.82, 2.24) is 9.62 Å². The first-order valence-electron chi connectivity index (χ1n) is 7.55. The van der Waals surface area contributed by atoms with Gasteiger partial charge < -0.3 is 10.4 Å². The van der Waals surface area contributed by atoms with Gasteiger partial charge in [-0.2, -0.15) is 4.31 Å². The van der Waals surface area contributed by atoms with Crippen LogP contribution in [0.4, 0.5) is 0 Å². The van der Waals surface area contributed by atoms with Gasteiger partial charge in [0.15, 0.2) is 0 Å². The second kappa shape index (κ2) is 6.04. The Labute approximate surface area is 126 Å². The van der Waals surface area contributed by atoms with Gasteiger partial charge >= 0.3 is 0 Å². The predicted molar refractivity (Wildman–Crippen MR) is 80.4 cm³/mol. The maximum absolute atomic E-state index is 12.9. The molecule has 0 aromatic heterocycles. The van der Waals surface area contributed by atoms with Crippen molar-refractivity contribution in [2.24, 2.45) is 5.92 Å². The van der Waals surface area contributed by atoms with E-state index in [1.165, 1.54) is 0 Å². The average Bonchev–Trinajstić information content (AvgIpc) is 2.96. The molecule has 1 atom stereocenters. The molecule has 21 heavy (non-hydrogen) atoms. The maximum atomic E-state index is 12.9. The third kappa shape index (κ3) is 2.85.